The zero-order valence-corrected chi connectivity index (χ0v) is 19.5. The maximum atomic E-state index is 14.1. The number of methoxy groups -OCH3 is 1. The Morgan fingerprint density at radius 2 is 1.37 bits per heavy atom. The molecule has 0 aliphatic carbocycles. The van der Waals surface area contributed by atoms with Gasteiger partial charge < -0.3 is 14.2 Å². The number of amides is 2. The van der Waals surface area contributed by atoms with Crippen LogP contribution in [0.3, 0.4) is 0 Å². The highest BCUT2D eigenvalue weighted by molar-refractivity contribution is 7.85. The third-order valence-electron chi connectivity index (χ3n) is 3.18. The summed E-state index contributed by atoms with van der Waals surface area (Å²) in [4.78, 5) is 38.0. The number of carbonyl (C=O) groups excluding carboxylic acids is 3. The van der Waals surface area contributed by atoms with E-state index in [1.54, 1.807) is 41.5 Å². The van der Waals surface area contributed by atoms with Crippen molar-refractivity contribution in [1.29, 1.82) is 0 Å². The summed E-state index contributed by atoms with van der Waals surface area (Å²) in [7, 11) is -2.81. The molecule has 0 aromatic rings. The Bertz CT molecular complexity index is 682. The van der Waals surface area contributed by atoms with Gasteiger partial charge in [0, 0.05) is 0 Å². The molecule has 0 radical (unpaired) electrons. The van der Waals surface area contributed by atoms with Gasteiger partial charge in [0.05, 0.1) is 20.0 Å². The largest absolute Gasteiger partial charge is 0.467 e. The van der Waals surface area contributed by atoms with Crippen LogP contribution in [0.1, 0.15) is 54.4 Å². The summed E-state index contributed by atoms with van der Waals surface area (Å²) < 4.78 is 55.5. The highest BCUT2D eigenvalue weighted by Crippen LogP contribution is 2.21. The Hall–Kier alpha value is -1.95. The number of ether oxygens (including phenoxy) is 3. The Balaban J connectivity index is 5.69. The highest BCUT2D eigenvalue weighted by atomic mass is 32.2. The van der Waals surface area contributed by atoms with Crippen LogP contribution in [0.2, 0.25) is 0 Å². The minimum absolute atomic E-state index is 0.376. The molecule has 10 nitrogen and oxygen atoms in total. The van der Waals surface area contributed by atoms with Gasteiger partial charge >= 0.3 is 18.2 Å². The van der Waals surface area contributed by atoms with Gasteiger partial charge in [-0.05, 0) is 54.4 Å². The number of carbonyl (C=O) groups is 3. The molecule has 0 aliphatic heterocycles. The summed E-state index contributed by atoms with van der Waals surface area (Å²) >= 11 is 0. The summed E-state index contributed by atoms with van der Waals surface area (Å²) in [5.41, 5.74) is -1.99. The number of hydrogen-bond donors (Lipinski definition) is 0. The summed E-state index contributed by atoms with van der Waals surface area (Å²) in [6, 6.07) is -1.56. The van der Waals surface area contributed by atoms with Crippen molar-refractivity contribution in [2.75, 3.05) is 20.0 Å². The molecule has 30 heavy (non-hydrogen) atoms. The van der Waals surface area contributed by atoms with E-state index in [0.29, 0.717) is 4.90 Å². The lowest BCUT2D eigenvalue weighted by molar-refractivity contribution is -0.147. The first-order valence-corrected chi connectivity index (χ1v) is 11.0. The Labute approximate surface area is 177 Å². The summed E-state index contributed by atoms with van der Waals surface area (Å²) in [5, 5.41) is 0. The van der Waals surface area contributed by atoms with Gasteiger partial charge in [0.15, 0.2) is 0 Å². The molecule has 0 saturated heterocycles. The maximum absolute atomic E-state index is 14.1. The summed E-state index contributed by atoms with van der Waals surface area (Å²) in [6.45, 7) is 8.59. The fraction of sp³-hybridized carbons (Fsp3) is 0.833. The van der Waals surface area contributed by atoms with Crippen LogP contribution in [-0.4, -0.2) is 74.9 Å². The van der Waals surface area contributed by atoms with Crippen LogP contribution in [0.5, 0.6) is 0 Å². The van der Waals surface area contributed by atoms with Crippen LogP contribution in [0.25, 0.3) is 0 Å². The monoisotopic (exact) mass is 457 g/mol. The van der Waals surface area contributed by atoms with Gasteiger partial charge in [-0.15, -0.1) is 0 Å². The molecule has 0 fully saturated rings. The third kappa shape index (κ3) is 11.9. The molecule has 2 atom stereocenters. The quantitative estimate of drug-likeness (QED) is 0.307. The van der Waals surface area contributed by atoms with E-state index in [4.69, 9.17) is 9.47 Å². The predicted molar refractivity (Wildman–Crippen MR) is 105 cm³/mol. The van der Waals surface area contributed by atoms with Crippen LogP contribution in [0.4, 0.5) is 14.0 Å². The summed E-state index contributed by atoms with van der Waals surface area (Å²) in [5.74, 6) is -0.997. The standard InChI is InChI=1S/C18H32FNO9S/c1-17(2,3)28-15(22)20(16(23)29-18(4,5)6)13(14(21)26-7)10-9-12(19)11-27-30(8,24)25/h12-13H,9-11H2,1-8H3/t12?,13-/m1/s1. The smallest absolute Gasteiger partial charge is 0.420 e. The second kappa shape index (κ2) is 10.9. The minimum atomic E-state index is -3.85. The first-order valence-electron chi connectivity index (χ1n) is 9.18. The third-order valence-corrected chi connectivity index (χ3v) is 3.75. The molecule has 176 valence electrons. The molecule has 12 heteroatoms. The van der Waals surface area contributed by atoms with Gasteiger partial charge in [-0.3, -0.25) is 4.18 Å². The van der Waals surface area contributed by atoms with Crippen molar-refractivity contribution in [1.82, 2.24) is 4.90 Å². The molecule has 0 bridgehead atoms. The van der Waals surface area contributed by atoms with E-state index in [1.165, 1.54) is 0 Å². The lowest BCUT2D eigenvalue weighted by Crippen LogP contribution is -2.52. The Kier molecular flexibility index (Phi) is 10.2. The molecule has 0 spiro atoms. The zero-order chi connectivity index (χ0) is 23.9. The Morgan fingerprint density at radius 1 is 0.933 bits per heavy atom. The molecule has 0 rings (SSSR count). The van der Waals surface area contributed by atoms with Crippen LogP contribution < -0.4 is 0 Å². The minimum Gasteiger partial charge on any atom is -0.467 e. The second-order valence-electron chi connectivity index (χ2n) is 8.53. The molecular formula is C18H32FNO9S. The highest BCUT2D eigenvalue weighted by Gasteiger charge is 2.41. The molecular weight excluding hydrogens is 425 g/mol. The lowest BCUT2D eigenvalue weighted by Gasteiger charge is -2.32. The number of nitrogens with zero attached hydrogens (tertiary/aromatic N) is 1. The molecule has 0 saturated carbocycles. The van der Waals surface area contributed by atoms with Gasteiger partial charge in [0.2, 0.25) is 0 Å². The van der Waals surface area contributed by atoms with Gasteiger partial charge in [0.25, 0.3) is 10.1 Å². The number of hydrogen-bond acceptors (Lipinski definition) is 9. The topological polar surface area (TPSA) is 126 Å². The normalized spacial score (nSPS) is 14.4. The van der Waals surface area contributed by atoms with Crippen molar-refractivity contribution in [2.24, 2.45) is 0 Å². The van der Waals surface area contributed by atoms with E-state index in [-0.39, 0.29) is 6.42 Å². The van der Waals surface area contributed by atoms with Crippen molar-refractivity contribution in [3.63, 3.8) is 0 Å². The molecule has 0 aliphatic rings. The van der Waals surface area contributed by atoms with Crippen LogP contribution in [0.15, 0.2) is 0 Å². The van der Waals surface area contributed by atoms with Crippen molar-refractivity contribution in [3.8, 4) is 0 Å². The van der Waals surface area contributed by atoms with Crippen LogP contribution in [-0.2, 0) is 33.3 Å². The molecule has 0 N–H and O–H groups in total. The number of halogens is 1. The number of alkyl halides is 1. The fourth-order valence-electron chi connectivity index (χ4n) is 2.06. The molecule has 0 aromatic heterocycles. The Morgan fingerprint density at radius 3 is 1.70 bits per heavy atom. The van der Waals surface area contributed by atoms with Crippen LogP contribution >= 0.6 is 0 Å². The number of imide groups is 1. The molecule has 0 heterocycles. The van der Waals surface area contributed by atoms with E-state index in [9.17, 15) is 27.2 Å². The van der Waals surface area contributed by atoms with Crippen molar-refractivity contribution in [2.45, 2.75) is 77.8 Å². The number of rotatable bonds is 8. The fourth-order valence-corrected chi connectivity index (χ4v) is 2.45. The van der Waals surface area contributed by atoms with Gasteiger partial charge in [-0.25, -0.2) is 18.8 Å². The first-order chi connectivity index (χ1) is 13.4. The van der Waals surface area contributed by atoms with E-state index in [0.717, 1.165) is 13.4 Å². The maximum Gasteiger partial charge on any atom is 0.420 e. The predicted octanol–water partition coefficient (Wildman–Crippen LogP) is 2.79. The number of esters is 1. The summed E-state index contributed by atoms with van der Waals surface area (Å²) in [6.07, 6.45) is -4.14. The lowest BCUT2D eigenvalue weighted by atomic mass is 10.1. The van der Waals surface area contributed by atoms with Crippen molar-refractivity contribution < 1.29 is 45.6 Å². The van der Waals surface area contributed by atoms with Crippen molar-refractivity contribution in [3.05, 3.63) is 0 Å². The first kappa shape index (κ1) is 28.1. The average Bonchev–Trinajstić information content (AvgIpc) is 2.51. The zero-order valence-electron chi connectivity index (χ0n) is 18.7. The van der Waals surface area contributed by atoms with Gasteiger partial charge in [-0.2, -0.15) is 13.3 Å². The van der Waals surface area contributed by atoms with E-state index >= 15 is 0 Å². The van der Waals surface area contributed by atoms with Gasteiger partial charge in [-0.1, -0.05) is 0 Å². The van der Waals surface area contributed by atoms with E-state index in [2.05, 4.69) is 8.92 Å². The SMILES string of the molecule is COC(=O)[C@@H](CCC(F)COS(C)(=O)=O)N(C(=O)OC(C)(C)C)C(=O)OC(C)(C)C. The second-order valence-corrected chi connectivity index (χ2v) is 10.2. The average molecular weight is 458 g/mol. The van der Waals surface area contributed by atoms with Gasteiger partial charge in [0.1, 0.15) is 23.4 Å². The van der Waals surface area contributed by atoms with Crippen LogP contribution in [0, 0.1) is 0 Å². The molecule has 2 amide bonds. The van der Waals surface area contributed by atoms with Crippen molar-refractivity contribution >= 4 is 28.3 Å². The molecule has 0 aromatic carbocycles. The van der Waals surface area contributed by atoms with E-state index in [1.807, 2.05) is 0 Å². The molecule has 1 unspecified atom stereocenters. The van der Waals surface area contributed by atoms with E-state index < -0.39 is 64.7 Å².